The summed E-state index contributed by atoms with van der Waals surface area (Å²) in [5, 5.41) is 0.289. The number of carbonyl (C=O) groups is 1. The first-order valence-electron chi connectivity index (χ1n) is 6.02. The highest BCUT2D eigenvalue weighted by Gasteiger charge is 2.13. The maximum Gasteiger partial charge on any atom is 0.167 e. The summed E-state index contributed by atoms with van der Waals surface area (Å²) in [6.07, 6.45) is -0.0198. The van der Waals surface area contributed by atoms with Gasteiger partial charge in [0.05, 0.1) is 0 Å². The smallest absolute Gasteiger partial charge is 0.167 e. The van der Waals surface area contributed by atoms with E-state index in [1.807, 2.05) is 26.0 Å². The molecule has 2 aromatic carbocycles. The third-order valence-electron chi connectivity index (χ3n) is 3.23. The lowest BCUT2D eigenvalue weighted by atomic mass is 9.99. The third-order valence-corrected chi connectivity index (χ3v) is 3.58. The van der Waals surface area contributed by atoms with E-state index in [4.69, 9.17) is 11.6 Å². The summed E-state index contributed by atoms with van der Waals surface area (Å²) in [5.41, 5.74) is 3.01. The first-order chi connectivity index (χ1) is 8.99. The molecule has 0 aliphatic rings. The number of aryl methyl sites for hydroxylation is 2. The normalized spacial score (nSPS) is 10.5. The van der Waals surface area contributed by atoms with Gasteiger partial charge in [0.15, 0.2) is 5.78 Å². The molecule has 0 fully saturated rings. The quantitative estimate of drug-likeness (QED) is 0.753. The molecule has 0 amide bonds. The van der Waals surface area contributed by atoms with Crippen LogP contribution in [-0.4, -0.2) is 5.78 Å². The Morgan fingerprint density at radius 2 is 1.89 bits per heavy atom. The molecule has 0 atom stereocenters. The van der Waals surface area contributed by atoms with Crippen LogP contribution in [0.15, 0.2) is 36.4 Å². The Bertz CT molecular complexity index is 614. The second-order valence-corrected chi connectivity index (χ2v) is 5.01. The Morgan fingerprint density at radius 3 is 2.53 bits per heavy atom. The van der Waals surface area contributed by atoms with E-state index in [2.05, 4.69) is 0 Å². The van der Waals surface area contributed by atoms with Crippen LogP contribution >= 0.6 is 11.6 Å². The van der Waals surface area contributed by atoms with Gasteiger partial charge in [0.2, 0.25) is 0 Å². The number of halogens is 2. The molecule has 0 aliphatic carbocycles. The first-order valence-corrected chi connectivity index (χ1v) is 6.40. The summed E-state index contributed by atoms with van der Waals surface area (Å²) in [7, 11) is 0. The van der Waals surface area contributed by atoms with E-state index in [-0.39, 0.29) is 22.8 Å². The molecule has 0 N–H and O–H groups in total. The zero-order valence-corrected chi connectivity index (χ0v) is 11.6. The van der Waals surface area contributed by atoms with Gasteiger partial charge in [-0.3, -0.25) is 4.79 Å². The van der Waals surface area contributed by atoms with Crippen LogP contribution in [0.5, 0.6) is 0 Å². The maximum absolute atomic E-state index is 13.6. The number of hydrogen-bond donors (Lipinski definition) is 0. The van der Waals surface area contributed by atoms with Gasteiger partial charge < -0.3 is 0 Å². The third kappa shape index (κ3) is 3.02. The molecule has 3 heteroatoms. The van der Waals surface area contributed by atoms with Crippen molar-refractivity contribution in [2.45, 2.75) is 20.3 Å². The predicted octanol–water partition coefficient (Wildman–Crippen LogP) is 4.52. The Hall–Kier alpha value is -1.67. The minimum absolute atomic E-state index is 0.0198. The molecule has 0 radical (unpaired) electrons. The summed E-state index contributed by atoms with van der Waals surface area (Å²) in [4.78, 5) is 12.2. The van der Waals surface area contributed by atoms with Gasteiger partial charge in [-0.2, -0.15) is 0 Å². The molecule has 19 heavy (non-hydrogen) atoms. The van der Waals surface area contributed by atoms with E-state index < -0.39 is 5.82 Å². The van der Waals surface area contributed by atoms with E-state index in [9.17, 15) is 9.18 Å². The van der Waals surface area contributed by atoms with Crippen molar-refractivity contribution in [1.29, 1.82) is 0 Å². The zero-order chi connectivity index (χ0) is 14.0. The lowest BCUT2D eigenvalue weighted by Crippen LogP contribution is -2.06. The van der Waals surface area contributed by atoms with Crippen molar-refractivity contribution in [3.8, 4) is 0 Å². The van der Waals surface area contributed by atoms with Crippen molar-refractivity contribution in [1.82, 2.24) is 0 Å². The lowest BCUT2D eigenvalue weighted by Gasteiger charge is -2.07. The van der Waals surface area contributed by atoms with Gasteiger partial charge in [0.1, 0.15) is 5.82 Å². The Kier molecular flexibility index (Phi) is 4.01. The molecule has 0 bridgehead atoms. The van der Waals surface area contributed by atoms with Crippen LogP contribution in [-0.2, 0) is 6.42 Å². The van der Waals surface area contributed by atoms with Gasteiger partial charge in [-0.25, -0.2) is 4.39 Å². The maximum atomic E-state index is 13.6. The Balaban J connectivity index is 2.28. The molecule has 2 aromatic rings. The predicted molar refractivity (Wildman–Crippen MR) is 75.4 cm³/mol. The zero-order valence-electron chi connectivity index (χ0n) is 10.8. The number of carbonyl (C=O) groups excluding carboxylic acids is 1. The van der Waals surface area contributed by atoms with Crippen molar-refractivity contribution >= 4 is 17.4 Å². The molecule has 0 aliphatic heterocycles. The SMILES string of the molecule is Cc1ccc(C(=O)Cc2c(F)cccc2Cl)cc1C. The monoisotopic (exact) mass is 276 g/mol. The van der Waals surface area contributed by atoms with E-state index in [1.54, 1.807) is 12.1 Å². The number of benzene rings is 2. The lowest BCUT2D eigenvalue weighted by molar-refractivity contribution is 0.0991. The fourth-order valence-corrected chi connectivity index (χ4v) is 2.11. The molecule has 0 unspecified atom stereocenters. The number of ketones is 1. The van der Waals surface area contributed by atoms with E-state index >= 15 is 0 Å². The molecule has 0 aromatic heterocycles. The van der Waals surface area contributed by atoms with Crippen molar-refractivity contribution in [2.75, 3.05) is 0 Å². The molecule has 0 saturated carbocycles. The van der Waals surface area contributed by atoms with Gasteiger partial charge in [-0.05, 0) is 43.2 Å². The second kappa shape index (κ2) is 5.54. The number of Topliss-reactive ketones (excluding diaryl/α,β-unsaturated/α-hetero) is 1. The molecule has 0 heterocycles. The van der Waals surface area contributed by atoms with Crippen molar-refractivity contribution in [3.63, 3.8) is 0 Å². The van der Waals surface area contributed by atoms with Crippen LogP contribution < -0.4 is 0 Å². The minimum atomic E-state index is -0.440. The standard InChI is InChI=1S/C16H14ClFO/c1-10-6-7-12(8-11(10)2)16(19)9-13-14(17)4-3-5-15(13)18/h3-8H,9H2,1-2H3. The molecule has 0 saturated heterocycles. The molecular weight excluding hydrogens is 263 g/mol. The van der Waals surface area contributed by atoms with E-state index in [0.717, 1.165) is 11.1 Å². The second-order valence-electron chi connectivity index (χ2n) is 4.60. The largest absolute Gasteiger partial charge is 0.294 e. The van der Waals surface area contributed by atoms with Crippen LogP contribution in [0.2, 0.25) is 5.02 Å². The van der Waals surface area contributed by atoms with Gasteiger partial charge >= 0.3 is 0 Å². The van der Waals surface area contributed by atoms with Crippen LogP contribution in [0, 0.1) is 19.7 Å². The highest BCUT2D eigenvalue weighted by Crippen LogP contribution is 2.21. The molecular formula is C16H14ClFO. The van der Waals surface area contributed by atoms with Gasteiger partial charge in [0, 0.05) is 22.6 Å². The first kappa shape index (κ1) is 13.8. The molecule has 0 spiro atoms. The molecule has 98 valence electrons. The summed E-state index contributed by atoms with van der Waals surface area (Å²) < 4.78 is 13.6. The van der Waals surface area contributed by atoms with Crippen molar-refractivity contribution in [2.24, 2.45) is 0 Å². The van der Waals surface area contributed by atoms with Crippen LogP contribution in [0.4, 0.5) is 4.39 Å². The van der Waals surface area contributed by atoms with Gasteiger partial charge in [-0.15, -0.1) is 0 Å². The average Bonchev–Trinajstić information content (AvgIpc) is 2.37. The average molecular weight is 277 g/mol. The summed E-state index contributed by atoms with van der Waals surface area (Å²) >= 11 is 5.93. The number of rotatable bonds is 3. The topological polar surface area (TPSA) is 17.1 Å². The van der Waals surface area contributed by atoms with Gasteiger partial charge in [0.25, 0.3) is 0 Å². The number of hydrogen-bond acceptors (Lipinski definition) is 1. The molecule has 1 nitrogen and oxygen atoms in total. The molecule has 2 rings (SSSR count). The van der Waals surface area contributed by atoms with Crippen LogP contribution in [0.25, 0.3) is 0 Å². The summed E-state index contributed by atoms with van der Waals surface area (Å²) in [6, 6.07) is 9.92. The van der Waals surface area contributed by atoms with Crippen LogP contribution in [0.3, 0.4) is 0 Å². The van der Waals surface area contributed by atoms with E-state index in [0.29, 0.717) is 5.56 Å². The highest BCUT2D eigenvalue weighted by atomic mass is 35.5. The van der Waals surface area contributed by atoms with E-state index in [1.165, 1.54) is 12.1 Å². The highest BCUT2D eigenvalue weighted by molar-refractivity contribution is 6.31. The van der Waals surface area contributed by atoms with Crippen molar-refractivity contribution < 1.29 is 9.18 Å². The Morgan fingerprint density at radius 1 is 1.16 bits per heavy atom. The summed E-state index contributed by atoms with van der Waals surface area (Å²) in [5.74, 6) is -0.570. The Labute approximate surface area is 117 Å². The summed E-state index contributed by atoms with van der Waals surface area (Å²) in [6.45, 7) is 3.93. The fourth-order valence-electron chi connectivity index (χ4n) is 1.88. The van der Waals surface area contributed by atoms with Crippen LogP contribution in [0.1, 0.15) is 27.0 Å². The minimum Gasteiger partial charge on any atom is -0.294 e. The van der Waals surface area contributed by atoms with Crippen molar-refractivity contribution in [3.05, 3.63) is 69.5 Å². The fraction of sp³-hybridized carbons (Fsp3) is 0.188. The van der Waals surface area contributed by atoms with Gasteiger partial charge in [-0.1, -0.05) is 29.8 Å².